The predicted octanol–water partition coefficient (Wildman–Crippen LogP) is 5.79. The number of halogens is 2. The van der Waals surface area contributed by atoms with E-state index in [1.165, 1.54) is 0 Å². The van der Waals surface area contributed by atoms with E-state index in [0.717, 1.165) is 41.1 Å². The summed E-state index contributed by atoms with van der Waals surface area (Å²) in [5, 5.41) is 10.8. The van der Waals surface area contributed by atoms with E-state index < -0.39 is 5.92 Å². The van der Waals surface area contributed by atoms with Crippen molar-refractivity contribution in [2.24, 2.45) is 0 Å². The first-order valence-electron chi connectivity index (χ1n) is 13.4. The second-order valence-electron chi connectivity index (χ2n) is 10.3. The smallest absolute Gasteiger partial charge is 0.276 e. The van der Waals surface area contributed by atoms with Gasteiger partial charge in [-0.3, -0.25) is 19.9 Å². The molecule has 1 aromatic carbocycles. The van der Waals surface area contributed by atoms with Crippen molar-refractivity contribution in [1.82, 2.24) is 20.2 Å². The Bertz CT molecular complexity index is 1470. The molecule has 10 heteroatoms. The SMILES string of the molecule is O=C(Nc1ccc(C2CCCC(F)(F)CC2)nc1)c1n[nH]c2ccc(-c3cncc(N4CCOCC4)c3)cc12. The lowest BCUT2D eigenvalue weighted by Crippen LogP contribution is -2.36. The van der Waals surface area contributed by atoms with Gasteiger partial charge in [-0.25, -0.2) is 8.78 Å². The van der Waals surface area contributed by atoms with Crippen molar-refractivity contribution in [2.45, 2.75) is 43.9 Å². The molecule has 0 bridgehead atoms. The summed E-state index contributed by atoms with van der Waals surface area (Å²) in [5.74, 6) is -2.94. The molecule has 6 rings (SSSR count). The second-order valence-corrected chi connectivity index (χ2v) is 10.3. The number of aromatic amines is 1. The number of fused-ring (bicyclic) bond motifs is 1. The summed E-state index contributed by atoms with van der Waals surface area (Å²) in [7, 11) is 0. The Morgan fingerprint density at radius 1 is 1.03 bits per heavy atom. The third-order valence-electron chi connectivity index (χ3n) is 7.63. The number of aromatic nitrogens is 4. The standard InChI is InChI=1S/C29H30F2N6O2/c30-29(31)8-1-2-19(7-9-29)25-6-4-22(17-33-25)34-28(38)27-24-15-20(3-5-26(24)35-36-27)21-14-23(18-32-16-21)37-10-12-39-13-11-37/h3-6,14-19H,1-2,7-13H2,(H,34,38)(H,35,36). The van der Waals surface area contributed by atoms with E-state index in [1.54, 1.807) is 12.3 Å². The van der Waals surface area contributed by atoms with Crippen LogP contribution in [0.3, 0.4) is 0 Å². The molecule has 8 nitrogen and oxygen atoms in total. The van der Waals surface area contributed by atoms with Crippen LogP contribution in [0.4, 0.5) is 20.2 Å². The Morgan fingerprint density at radius 3 is 2.72 bits per heavy atom. The number of benzene rings is 1. The molecule has 2 aliphatic rings. The fraction of sp³-hybridized carbons (Fsp3) is 0.379. The number of anilines is 2. The van der Waals surface area contributed by atoms with Gasteiger partial charge in [0.15, 0.2) is 5.69 Å². The monoisotopic (exact) mass is 532 g/mol. The first-order valence-corrected chi connectivity index (χ1v) is 13.4. The fourth-order valence-electron chi connectivity index (χ4n) is 5.42. The van der Waals surface area contributed by atoms with Gasteiger partial charge in [0.2, 0.25) is 5.92 Å². The van der Waals surface area contributed by atoms with E-state index in [2.05, 4.69) is 36.4 Å². The topological polar surface area (TPSA) is 96.0 Å². The highest BCUT2D eigenvalue weighted by Gasteiger charge is 2.33. The summed E-state index contributed by atoms with van der Waals surface area (Å²) in [6.45, 7) is 3.04. The minimum Gasteiger partial charge on any atom is -0.378 e. The molecule has 3 aromatic heterocycles. The predicted molar refractivity (Wildman–Crippen MR) is 145 cm³/mol. The number of rotatable bonds is 5. The Labute approximate surface area is 224 Å². The molecule has 2 N–H and O–H groups in total. The molecular weight excluding hydrogens is 502 g/mol. The Balaban J connectivity index is 1.18. The van der Waals surface area contributed by atoms with Crippen LogP contribution in [-0.4, -0.2) is 58.3 Å². The van der Waals surface area contributed by atoms with Crippen molar-refractivity contribution in [1.29, 1.82) is 0 Å². The number of pyridine rings is 2. The van der Waals surface area contributed by atoms with Crippen LogP contribution >= 0.6 is 0 Å². The number of hydrogen-bond acceptors (Lipinski definition) is 6. The van der Waals surface area contributed by atoms with Gasteiger partial charge in [0.1, 0.15) is 0 Å². The van der Waals surface area contributed by atoms with Gasteiger partial charge < -0.3 is 15.0 Å². The van der Waals surface area contributed by atoms with Gasteiger partial charge in [-0.15, -0.1) is 0 Å². The molecule has 1 unspecified atom stereocenters. The number of nitrogens with zero attached hydrogens (tertiary/aromatic N) is 4. The molecule has 1 atom stereocenters. The summed E-state index contributed by atoms with van der Waals surface area (Å²) >= 11 is 0. The number of H-pyrrole nitrogens is 1. The maximum atomic E-state index is 13.7. The highest BCUT2D eigenvalue weighted by atomic mass is 19.3. The lowest BCUT2D eigenvalue weighted by atomic mass is 9.96. The van der Waals surface area contributed by atoms with Crippen LogP contribution in [0, 0.1) is 0 Å². The molecule has 0 spiro atoms. The van der Waals surface area contributed by atoms with Crippen LogP contribution in [0.2, 0.25) is 0 Å². The maximum Gasteiger partial charge on any atom is 0.276 e. The zero-order valence-corrected chi connectivity index (χ0v) is 21.5. The van der Waals surface area contributed by atoms with Crippen LogP contribution in [0.25, 0.3) is 22.0 Å². The third-order valence-corrected chi connectivity index (χ3v) is 7.63. The number of hydrogen-bond donors (Lipinski definition) is 2. The van der Waals surface area contributed by atoms with Gasteiger partial charge in [-0.2, -0.15) is 5.10 Å². The molecule has 0 radical (unpaired) electrons. The highest BCUT2D eigenvalue weighted by molar-refractivity contribution is 6.11. The molecule has 1 saturated carbocycles. The Kier molecular flexibility index (Phi) is 6.95. The molecular formula is C29H30F2N6O2. The van der Waals surface area contributed by atoms with E-state index in [0.29, 0.717) is 43.5 Å². The Morgan fingerprint density at radius 2 is 1.90 bits per heavy atom. The molecule has 4 heterocycles. The molecule has 39 heavy (non-hydrogen) atoms. The van der Waals surface area contributed by atoms with Crippen molar-refractivity contribution < 1.29 is 18.3 Å². The van der Waals surface area contributed by atoms with Crippen molar-refractivity contribution in [3.05, 3.63) is 66.4 Å². The van der Waals surface area contributed by atoms with Gasteiger partial charge in [0, 0.05) is 54.7 Å². The molecule has 1 aliphatic carbocycles. The highest BCUT2D eigenvalue weighted by Crippen LogP contribution is 2.38. The summed E-state index contributed by atoms with van der Waals surface area (Å²) in [5.41, 5.74) is 5.25. The average molecular weight is 533 g/mol. The van der Waals surface area contributed by atoms with Crippen LogP contribution in [0.1, 0.15) is 54.2 Å². The van der Waals surface area contributed by atoms with Crippen molar-refractivity contribution in [2.75, 3.05) is 36.5 Å². The maximum absolute atomic E-state index is 13.7. The van der Waals surface area contributed by atoms with Crippen LogP contribution < -0.4 is 10.2 Å². The minimum atomic E-state index is -2.59. The summed E-state index contributed by atoms with van der Waals surface area (Å²) in [4.78, 5) is 24.3. The number of carbonyl (C=O) groups excluding carboxylic acids is 1. The van der Waals surface area contributed by atoms with Crippen LogP contribution in [0.5, 0.6) is 0 Å². The number of alkyl halides is 2. The number of nitrogens with one attached hydrogen (secondary N) is 2. The van der Waals surface area contributed by atoms with E-state index in [9.17, 15) is 13.6 Å². The minimum absolute atomic E-state index is 0.00747. The average Bonchev–Trinajstić information content (AvgIpc) is 3.30. The largest absolute Gasteiger partial charge is 0.378 e. The van der Waals surface area contributed by atoms with Crippen molar-refractivity contribution >= 4 is 28.2 Å². The third kappa shape index (κ3) is 5.61. The molecule has 1 amide bonds. The Hall–Kier alpha value is -3.92. The van der Waals surface area contributed by atoms with Crippen LogP contribution in [-0.2, 0) is 4.74 Å². The lowest BCUT2D eigenvalue weighted by Gasteiger charge is -2.28. The molecule has 1 aliphatic heterocycles. The quantitative estimate of drug-likeness (QED) is 0.316. The summed E-state index contributed by atoms with van der Waals surface area (Å²) < 4.78 is 32.9. The van der Waals surface area contributed by atoms with Crippen molar-refractivity contribution in [3.63, 3.8) is 0 Å². The van der Waals surface area contributed by atoms with Crippen molar-refractivity contribution in [3.8, 4) is 11.1 Å². The molecule has 1 saturated heterocycles. The molecule has 202 valence electrons. The van der Waals surface area contributed by atoms with Gasteiger partial charge in [0.05, 0.1) is 42.5 Å². The van der Waals surface area contributed by atoms with Gasteiger partial charge in [0.25, 0.3) is 5.91 Å². The normalized spacial score (nSPS) is 19.5. The number of amides is 1. The van der Waals surface area contributed by atoms with Gasteiger partial charge in [-0.05, 0) is 55.2 Å². The van der Waals surface area contributed by atoms with E-state index in [-0.39, 0.29) is 30.4 Å². The first-order chi connectivity index (χ1) is 18.9. The summed E-state index contributed by atoms with van der Waals surface area (Å²) in [6, 6.07) is 11.5. The lowest BCUT2D eigenvalue weighted by molar-refractivity contribution is -0.0141. The second kappa shape index (κ2) is 10.7. The zero-order chi connectivity index (χ0) is 26.8. The zero-order valence-electron chi connectivity index (χ0n) is 21.5. The van der Waals surface area contributed by atoms with E-state index in [4.69, 9.17) is 4.74 Å². The van der Waals surface area contributed by atoms with Gasteiger partial charge in [-0.1, -0.05) is 6.07 Å². The van der Waals surface area contributed by atoms with Gasteiger partial charge >= 0.3 is 0 Å². The number of carbonyl (C=O) groups is 1. The molecule has 4 aromatic rings. The first kappa shape index (κ1) is 25.4. The fourth-order valence-corrected chi connectivity index (χ4v) is 5.42. The number of ether oxygens (including phenoxy) is 1. The molecule has 2 fully saturated rings. The number of morpholine rings is 1. The summed E-state index contributed by atoms with van der Waals surface area (Å²) in [6.07, 6.45) is 6.67. The van der Waals surface area contributed by atoms with E-state index >= 15 is 0 Å². The van der Waals surface area contributed by atoms with Crippen LogP contribution in [0.15, 0.2) is 55.0 Å². The van der Waals surface area contributed by atoms with E-state index in [1.807, 2.05) is 36.7 Å².